The van der Waals surface area contributed by atoms with E-state index in [9.17, 15) is 19.2 Å². The van der Waals surface area contributed by atoms with Crippen LogP contribution in [0.25, 0.3) is 12.2 Å². The molecule has 44 heavy (non-hydrogen) atoms. The molecule has 0 atom stereocenters. The maximum Gasteiger partial charge on any atom is 0.335 e. The predicted octanol–water partition coefficient (Wildman–Crippen LogP) is 5.72. The number of hydrogen-bond donors (Lipinski definition) is 0. The summed E-state index contributed by atoms with van der Waals surface area (Å²) < 4.78 is 31.6. The van der Waals surface area contributed by atoms with Crippen molar-refractivity contribution in [2.24, 2.45) is 0 Å². The lowest BCUT2D eigenvalue weighted by Crippen LogP contribution is -2.29. The van der Waals surface area contributed by atoms with Crippen LogP contribution in [0.15, 0.2) is 85.0 Å². The van der Waals surface area contributed by atoms with Gasteiger partial charge in [0.25, 0.3) is 0 Å². The molecule has 1 saturated carbocycles. The zero-order valence-corrected chi connectivity index (χ0v) is 24.8. The number of carbonyl (C=O) groups is 4. The first kappa shape index (κ1) is 33.4. The largest absolute Gasteiger partial charge is 0.459 e. The van der Waals surface area contributed by atoms with Crippen molar-refractivity contribution in [2.75, 3.05) is 13.6 Å². The van der Waals surface area contributed by atoms with E-state index in [0.717, 1.165) is 11.1 Å². The van der Waals surface area contributed by atoms with Gasteiger partial charge in [0.15, 0.2) is 0 Å². The fourth-order valence-corrected chi connectivity index (χ4v) is 3.90. The second kappa shape index (κ2) is 17.1. The summed E-state index contributed by atoms with van der Waals surface area (Å²) in [6.07, 6.45) is 7.85. The number of ether oxygens (including phenoxy) is 6. The average molecular weight is 605 g/mol. The van der Waals surface area contributed by atoms with E-state index in [1.54, 1.807) is 74.5 Å². The Labute approximate surface area is 256 Å². The van der Waals surface area contributed by atoms with E-state index >= 15 is 0 Å². The smallest absolute Gasteiger partial charge is 0.335 e. The van der Waals surface area contributed by atoms with E-state index in [1.165, 1.54) is 12.2 Å². The average Bonchev–Trinajstić information content (AvgIpc) is 3.01. The van der Waals surface area contributed by atoms with Crippen LogP contribution in [0.4, 0.5) is 0 Å². The minimum Gasteiger partial charge on any atom is -0.459 e. The third kappa shape index (κ3) is 12.0. The molecule has 1 aliphatic carbocycles. The molecule has 0 amide bonds. The summed E-state index contributed by atoms with van der Waals surface area (Å²) in [5.41, 5.74) is 2.11. The number of rotatable bonds is 14. The van der Waals surface area contributed by atoms with Gasteiger partial charge in [-0.3, -0.25) is 0 Å². The van der Waals surface area contributed by atoms with Crippen molar-refractivity contribution in [3.8, 4) is 11.5 Å². The number of carbonyl (C=O) groups excluding carboxylic acids is 4. The Morgan fingerprint density at radius 2 is 0.977 bits per heavy atom. The molecule has 0 radical (unpaired) electrons. The summed E-state index contributed by atoms with van der Waals surface area (Å²) in [6, 6.07) is 13.8. The molecule has 0 aromatic heterocycles. The molecule has 2 aromatic rings. The summed E-state index contributed by atoms with van der Waals surface area (Å²) in [7, 11) is 0. The summed E-state index contributed by atoms with van der Waals surface area (Å²) in [6.45, 7) is 9.64. The molecule has 0 spiro atoms. The minimum atomic E-state index is -0.528. The highest BCUT2D eigenvalue weighted by Crippen LogP contribution is 2.24. The highest BCUT2D eigenvalue weighted by atomic mass is 16.7. The second-order valence-corrected chi connectivity index (χ2v) is 10.0. The molecular formula is C34H36O10. The number of esters is 4. The van der Waals surface area contributed by atoms with Crippen molar-refractivity contribution >= 4 is 36.0 Å². The van der Waals surface area contributed by atoms with Gasteiger partial charge < -0.3 is 28.4 Å². The second-order valence-electron chi connectivity index (χ2n) is 10.0. The van der Waals surface area contributed by atoms with Crippen molar-refractivity contribution in [2.45, 2.75) is 51.7 Å². The minimum absolute atomic E-state index is 0.226. The quantitative estimate of drug-likeness (QED) is 0.114. The topological polar surface area (TPSA) is 124 Å². The van der Waals surface area contributed by atoms with Crippen LogP contribution < -0.4 is 9.47 Å². The maximum atomic E-state index is 12.3. The lowest BCUT2D eigenvalue weighted by Gasteiger charge is -2.27. The van der Waals surface area contributed by atoms with Crippen molar-refractivity contribution in [3.05, 3.63) is 96.1 Å². The molecule has 0 aliphatic heterocycles. The summed E-state index contributed by atoms with van der Waals surface area (Å²) in [5.74, 6) is -0.948. The first-order chi connectivity index (χ1) is 21.1. The molecule has 0 unspecified atom stereocenters. The van der Waals surface area contributed by atoms with Crippen LogP contribution in [0.5, 0.6) is 11.5 Å². The molecular weight excluding hydrogens is 568 g/mol. The van der Waals surface area contributed by atoms with Crippen LogP contribution >= 0.6 is 0 Å². The molecule has 1 fully saturated rings. The normalized spacial score (nSPS) is 16.1. The van der Waals surface area contributed by atoms with Crippen LogP contribution in [0.3, 0.4) is 0 Å². The van der Waals surface area contributed by atoms with Crippen LogP contribution in [-0.4, -0.2) is 49.7 Å². The summed E-state index contributed by atoms with van der Waals surface area (Å²) >= 11 is 0. The Bertz CT molecular complexity index is 1270. The van der Waals surface area contributed by atoms with Gasteiger partial charge in [0.1, 0.15) is 23.7 Å². The first-order valence-electron chi connectivity index (χ1n) is 14.0. The van der Waals surface area contributed by atoms with E-state index in [4.69, 9.17) is 28.4 Å². The molecule has 0 N–H and O–H groups in total. The predicted molar refractivity (Wildman–Crippen MR) is 162 cm³/mol. The van der Waals surface area contributed by atoms with Gasteiger partial charge in [0.05, 0.1) is 0 Å². The van der Waals surface area contributed by atoms with Gasteiger partial charge in [0, 0.05) is 23.3 Å². The maximum absolute atomic E-state index is 12.3. The van der Waals surface area contributed by atoms with E-state index in [2.05, 4.69) is 13.2 Å². The van der Waals surface area contributed by atoms with Gasteiger partial charge >= 0.3 is 23.9 Å². The Kier molecular flexibility index (Phi) is 13.0. The number of benzene rings is 2. The molecule has 0 saturated heterocycles. The van der Waals surface area contributed by atoms with E-state index in [-0.39, 0.29) is 36.9 Å². The van der Waals surface area contributed by atoms with Gasteiger partial charge in [0.2, 0.25) is 13.6 Å². The van der Waals surface area contributed by atoms with E-state index in [0.29, 0.717) is 37.2 Å². The molecule has 10 heteroatoms. The van der Waals surface area contributed by atoms with Gasteiger partial charge in [-0.1, -0.05) is 37.4 Å². The number of hydrogen-bond acceptors (Lipinski definition) is 10. The van der Waals surface area contributed by atoms with Gasteiger partial charge in [-0.25, -0.2) is 19.2 Å². The molecule has 0 bridgehead atoms. The third-order valence-electron chi connectivity index (χ3n) is 6.30. The lowest BCUT2D eigenvalue weighted by atomic mass is 9.95. The Hall–Kier alpha value is -5.12. The summed E-state index contributed by atoms with van der Waals surface area (Å²) in [4.78, 5) is 47.3. The molecule has 3 rings (SSSR count). The van der Waals surface area contributed by atoms with Gasteiger partial charge in [-0.05, 0) is 87.1 Å². The standard InChI is InChI=1S/C34H36O10/c1-23(2)33(37)41-21-39-27-11-5-25(6-12-27)9-19-31(35)43-29-15-17-30(18-16-29)44-32(36)20-10-26-7-13-28(14-8-26)40-22-42-34(38)24(3)4/h5-14,19-20,29-30H,1,3,15-18,21-22H2,2,4H3/b19-9-,20-10+. The van der Waals surface area contributed by atoms with E-state index < -0.39 is 23.9 Å². The van der Waals surface area contributed by atoms with Crippen molar-refractivity contribution in [1.29, 1.82) is 0 Å². The first-order valence-corrected chi connectivity index (χ1v) is 14.0. The van der Waals surface area contributed by atoms with Crippen LogP contribution in [0.2, 0.25) is 0 Å². The fourth-order valence-electron chi connectivity index (χ4n) is 3.90. The highest BCUT2D eigenvalue weighted by Gasteiger charge is 2.25. The van der Waals surface area contributed by atoms with E-state index in [1.807, 2.05) is 0 Å². The van der Waals surface area contributed by atoms with Gasteiger partial charge in [-0.2, -0.15) is 0 Å². The Morgan fingerprint density at radius 1 is 0.636 bits per heavy atom. The van der Waals surface area contributed by atoms with Crippen molar-refractivity contribution < 1.29 is 47.6 Å². The van der Waals surface area contributed by atoms with Gasteiger partial charge in [-0.15, -0.1) is 0 Å². The van der Waals surface area contributed by atoms with Crippen LogP contribution in [-0.2, 0) is 38.1 Å². The monoisotopic (exact) mass is 604 g/mol. The molecule has 1 aliphatic rings. The molecule has 0 heterocycles. The zero-order valence-electron chi connectivity index (χ0n) is 24.8. The van der Waals surface area contributed by atoms with Crippen LogP contribution in [0.1, 0.15) is 50.7 Å². The fraction of sp³-hybridized carbons (Fsp3) is 0.294. The SMILES string of the molecule is C=C(C)C(=O)OCOc1ccc(/C=C\C(=O)OC2CCC(OC(=O)/C=C/c3ccc(OCOC(=O)C(=C)C)cc3)CC2)cc1. The third-order valence-corrected chi connectivity index (χ3v) is 6.30. The summed E-state index contributed by atoms with van der Waals surface area (Å²) in [5, 5.41) is 0. The molecule has 232 valence electrons. The van der Waals surface area contributed by atoms with Crippen molar-refractivity contribution in [3.63, 3.8) is 0 Å². The zero-order chi connectivity index (χ0) is 31.9. The molecule has 10 nitrogen and oxygen atoms in total. The molecule has 2 aromatic carbocycles. The highest BCUT2D eigenvalue weighted by molar-refractivity contribution is 5.88. The van der Waals surface area contributed by atoms with Crippen LogP contribution in [0, 0.1) is 0 Å². The Balaban J connectivity index is 1.32. The Morgan fingerprint density at radius 3 is 1.30 bits per heavy atom. The lowest BCUT2D eigenvalue weighted by molar-refractivity contribution is -0.151. The van der Waals surface area contributed by atoms with Crippen molar-refractivity contribution in [1.82, 2.24) is 0 Å².